The Balaban J connectivity index is 2.04. The number of benzene rings is 2. The smallest absolute Gasteiger partial charge is 0.340 e. The molecule has 2 aromatic carbocycles. The van der Waals surface area contributed by atoms with E-state index in [0.717, 1.165) is 31.4 Å². The second kappa shape index (κ2) is 10.0. The number of thioether (sulfide) groups is 1. The molecule has 5 nitrogen and oxygen atoms in total. The lowest BCUT2D eigenvalue weighted by Crippen LogP contribution is -2.12. The SMILES string of the molecule is COC(=O)c1cc(Cc2ccnc(N)c2F)c(F)c(F)c1Nc1ccc(SC(F)F)cc1F. The number of nitrogens with zero attached hydrogens (tertiary/aromatic N) is 1. The van der Waals surface area contributed by atoms with Crippen molar-refractivity contribution in [3.63, 3.8) is 0 Å². The summed E-state index contributed by atoms with van der Waals surface area (Å²) in [5, 5.41) is 2.27. The lowest BCUT2D eigenvalue weighted by atomic mass is 10.00. The summed E-state index contributed by atoms with van der Waals surface area (Å²) in [7, 11) is 0.993. The Bertz CT molecular complexity index is 1210. The van der Waals surface area contributed by atoms with Gasteiger partial charge < -0.3 is 15.8 Å². The summed E-state index contributed by atoms with van der Waals surface area (Å²) in [6.07, 6.45) is 0.706. The first kappa shape index (κ1) is 24.2. The number of anilines is 3. The van der Waals surface area contributed by atoms with Gasteiger partial charge in [0.1, 0.15) is 5.82 Å². The van der Waals surface area contributed by atoms with Crippen LogP contribution in [0.2, 0.25) is 0 Å². The van der Waals surface area contributed by atoms with E-state index in [-0.39, 0.29) is 22.2 Å². The van der Waals surface area contributed by atoms with E-state index in [2.05, 4.69) is 15.0 Å². The van der Waals surface area contributed by atoms with Crippen molar-refractivity contribution in [2.24, 2.45) is 0 Å². The molecule has 0 bridgehead atoms. The van der Waals surface area contributed by atoms with Gasteiger partial charge in [-0.3, -0.25) is 0 Å². The summed E-state index contributed by atoms with van der Waals surface area (Å²) >= 11 is 0.0965. The van der Waals surface area contributed by atoms with Crippen molar-refractivity contribution in [2.75, 3.05) is 18.2 Å². The van der Waals surface area contributed by atoms with Gasteiger partial charge in [0, 0.05) is 17.5 Å². The number of carbonyl (C=O) groups is 1. The molecule has 3 aromatic rings. The highest BCUT2D eigenvalue weighted by atomic mass is 32.2. The molecule has 0 saturated heterocycles. The van der Waals surface area contributed by atoms with E-state index in [0.29, 0.717) is 0 Å². The zero-order chi connectivity index (χ0) is 24.3. The molecule has 0 aliphatic heterocycles. The number of hydrogen-bond donors (Lipinski definition) is 2. The van der Waals surface area contributed by atoms with E-state index >= 15 is 0 Å². The summed E-state index contributed by atoms with van der Waals surface area (Å²) in [4.78, 5) is 15.7. The molecular formula is C21H15F6N3O2S. The van der Waals surface area contributed by atoms with Crippen molar-refractivity contribution in [3.8, 4) is 0 Å². The van der Waals surface area contributed by atoms with Crippen LogP contribution in [0.4, 0.5) is 43.5 Å². The zero-order valence-electron chi connectivity index (χ0n) is 16.8. The maximum Gasteiger partial charge on any atom is 0.340 e. The molecule has 0 unspecified atom stereocenters. The third-order valence-corrected chi connectivity index (χ3v) is 5.19. The number of carbonyl (C=O) groups excluding carboxylic acids is 1. The number of esters is 1. The van der Waals surface area contributed by atoms with E-state index in [4.69, 9.17) is 5.73 Å². The van der Waals surface area contributed by atoms with E-state index in [1.165, 1.54) is 12.3 Å². The normalized spacial score (nSPS) is 11.0. The van der Waals surface area contributed by atoms with Gasteiger partial charge in [-0.15, -0.1) is 0 Å². The highest BCUT2D eigenvalue weighted by Gasteiger charge is 2.25. The fraction of sp³-hybridized carbons (Fsp3) is 0.143. The standard InChI is InChI=1S/C21H15F6N3O2S/c1-32-20(31)12-7-10(6-9-4-5-29-19(28)16(9)24)15(23)17(25)18(12)30-14-3-2-11(8-13(14)22)33-21(26)27/h2-5,7-8,21,30H,6H2,1H3,(H2,28,29). The first-order valence-electron chi connectivity index (χ1n) is 9.11. The van der Waals surface area contributed by atoms with Gasteiger partial charge in [0.25, 0.3) is 5.76 Å². The third-order valence-electron chi connectivity index (χ3n) is 4.49. The van der Waals surface area contributed by atoms with Crippen LogP contribution in [0.3, 0.4) is 0 Å². The summed E-state index contributed by atoms with van der Waals surface area (Å²) in [5.41, 5.74) is 3.24. The molecule has 12 heteroatoms. The Morgan fingerprint density at radius 3 is 2.45 bits per heavy atom. The van der Waals surface area contributed by atoms with E-state index in [9.17, 15) is 31.1 Å². The van der Waals surface area contributed by atoms with Crippen LogP contribution in [0.5, 0.6) is 0 Å². The van der Waals surface area contributed by atoms with Crippen molar-refractivity contribution in [1.29, 1.82) is 0 Å². The summed E-state index contributed by atoms with van der Waals surface area (Å²) < 4.78 is 87.9. The first-order chi connectivity index (χ1) is 15.6. The van der Waals surface area contributed by atoms with Gasteiger partial charge >= 0.3 is 5.97 Å². The van der Waals surface area contributed by atoms with Crippen LogP contribution >= 0.6 is 11.8 Å². The molecule has 0 fully saturated rings. The van der Waals surface area contributed by atoms with Crippen LogP contribution in [-0.4, -0.2) is 23.8 Å². The average Bonchev–Trinajstić information content (AvgIpc) is 2.76. The topological polar surface area (TPSA) is 77.2 Å². The van der Waals surface area contributed by atoms with Gasteiger partial charge in [-0.1, -0.05) is 11.8 Å². The number of nitrogens with one attached hydrogen (secondary N) is 1. The predicted octanol–water partition coefficient (Wildman–Crippen LogP) is 5.66. The molecule has 33 heavy (non-hydrogen) atoms. The minimum Gasteiger partial charge on any atom is -0.465 e. The molecule has 3 rings (SSSR count). The fourth-order valence-electron chi connectivity index (χ4n) is 2.95. The molecule has 0 atom stereocenters. The molecule has 3 N–H and O–H groups in total. The lowest BCUT2D eigenvalue weighted by molar-refractivity contribution is 0.0601. The number of ether oxygens (including phenoxy) is 1. The summed E-state index contributed by atoms with van der Waals surface area (Å²) in [5.74, 6) is -9.26. The molecule has 0 radical (unpaired) electrons. The molecule has 174 valence electrons. The maximum atomic E-state index is 15.0. The van der Waals surface area contributed by atoms with Gasteiger partial charge in [-0.25, -0.2) is 27.3 Å². The molecule has 1 heterocycles. The number of halogens is 6. The fourth-order valence-corrected chi connectivity index (χ4v) is 3.48. The van der Waals surface area contributed by atoms with Gasteiger partial charge in [0.2, 0.25) is 0 Å². The van der Waals surface area contributed by atoms with Gasteiger partial charge in [0.05, 0.1) is 24.0 Å². The average molecular weight is 487 g/mol. The Morgan fingerprint density at radius 1 is 1.09 bits per heavy atom. The Kier molecular flexibility index (Phi) is 7.36. The van der Waals surface area contributed by atoms with Crippen LogP contribution in [0, 0.1) is 23.3 Å². The monoisotopic (exact) mass is 487 g/mol. The molecular weight excluding hydrogens is 472 g/mol. The molecule has 0 aliphatic rings. The second-order valence-corrected chi connectivity index (χ2v) is 7.63. The summed E-state index contributed by atoms with van der Waals surface area (Å²) in [6, 6.07) is 5.08. The largest absolute Gasteiger partial charge is 0.465 e. The van der Waals surface area contributed by atoms with Crippen molar-refractivity contribution in [2.45, 2.75) is 17.1 Å². The van der Waals surface area contributed by atoms with E-state index < -0.39 is 69.7 Å². The molecule has 1 aromatic heterocycles. The minimum atomic E-state index is -2.78. The van der Waals surface area contributed by atoms with Gasteiger partial charge in [0.15, 0.2) is 23.3 Å². The van der Waals surface area contributed by atoms with Gasteiger partial charge in [-0.2, -0.15) is 8.78 Å². The van der Waals surface area contributed by atoms with Gasteiger partial charge in [-0.05, 0) is 41.5 Å². The zero-order valence-corrected chi connectivity index (χ0v) is 17.6. The van der Waals surface area contributed by atoms with Crippen molar-refractivity contribution < 1.29 is 35.9 Å². The van der Waals surface area contributed by atoms with E-state index in [1.807, 2.05) is 0 Å². The molecule has 0 saturated carbocycles. The maximum absolute atomic E-state index is 15.0. The number of methoxy groups -OCH3 is 1. The molecule has 0 amide bonds. The number of nitrogen functional groups attached to an aromatic ring is 1. The minimum absolute atomic E-state index is 0.0955. The number of pyridine rings is 1. The number of aromatic nitrogens is 1. The van der Waals surface area contributed by atoms with Crippen molar-refractivity contribution in [3.05, 3.63) is 76.5 Å². The number of rotatable bonds is 7. The third kappa shape index (κ3) is 5.33. The quantitative estimate of drug-likeness (QED) is 0.255. The Hall–Kier alpha value is -3.41. The Morgan fingerprint density at radius 2 is 1.82 bits per heavy atom. The predicted molar refractivity (Wildman–Crippen MR) is 111 cm³/mol. The Labute approximate surface area is 188 Å². The second-order valence-electron chi connectivity index (χ2n) is 6.57. The van der Waals surface area contributed by atoms with Crippen molar-refractivity contribution in [1.82, 2.24) is 4.98 Å². The van der Waals surface area contributed by atoms with Crippen LogP contribution in [0.25, 0.3) is 0 Å². The molecule has 0 aliphatic carbocycles. The van der Waals surface area contributed by atoms with Crippen molar-refractivity contribution >= 4 is 34.9 Å². The lowest BCUT2D eigenvalue weighted by Gasteiger charge is -2.16. The summed E-state index contributed by atoms with van der Waals surface area (Å²) in [6.45, 7) is 0. The van der Waals surface area contributed by atoms with Crippen LogP contribution < -0.4 is 11.1 Å². The van der Waals surface area contributed by atoms with Crippen LogP contribution in [0.15, 0.2) is 41.4 Å². The van der Waals surface area contributed by atoms with E-state index in [1.54, 1.807) is 0 Å². The highest BCUT2D eigenvalue weighted by molar-refractivity contribution is 7.99. The number of nitrogens with two attached hydrogens (primary N) is 1. The van der Waals surface area contributed by atoms with Crippen LogP contribution in [0.1, 0.15) is 21.5 Å². The number of hydrogen-bond acceptors (Lipinski definition) is 6. The number of alkyl halides is 2. The highest BCUT2D eigenvalue weighted by Crippen LogP contribution is 2.34. The molecule has 0 spiro atoms. The first-order valence-corrected chi connectivity index (χ1v) is 9.99. The van der Waals surface area contributed by atoms with Crippen LogP contribution in [-0.2, 0) is 11.2 Å².